The van der Waals surface area contributed by atoms with Crippen LogP contribution in [0.15, 0.2) is 66.7 Å². The summed E-state index contributed by atoms with van der Waals surface area (Å²) in [5.74, 6) is -3.60. The van der Waals surface area contributed by atoms with E-state index < -0.39 is 46.1 Å². The normalized spacial score (nSPS) is 14.4. The lowest BCUT2D eigenvalue weighted by atomic mass is 10.0. The molecule has 0 radical (unpaired) electrons. The van der Waals surface area contributed by atoms with Crippen LogP contribution >= 0.6 is 23.2 Å². The first kappa shape index (κ1) is 31.7. The lowest BCUT2D eigenvalue weighted by Crippen LogP contribution is -2.54. The maximum absolute atomic E-state index is 14.1. The molecule has 1 fully saturated rings. The Morgan fingerprint density at radius 3 is 2.19 bits per heavy atom. The van der Waals surface area contributed by atoms with Gasteiger partial charge < -0.3 is 10.2 Å². The van der Waals surface area contributed by atoms with Crippen LogP contribution in [0.3, 0.4) is 0 Å². The van der Waals surface area contributed by atoms with Crippen LogP contribution in [0.2, 0.25) is 10.0 Å². The van der Waals surface area contributed by atoms with Gasteiger partial charge in [-0.15, -0.1) is 0 Å². The number of benzene rings is 3. The molecule has 42 heavy (non-hydrogen) atoms. The van der Waals surface area contributed by atoms with E-state index in [0.29, 0.717) is 15.9 Å². The first-order valence-corrected chi connectivity index (χ1v) is 16.0. The predicted octanol–water partition coefficient (Wildman–Crippen LogP) is 5.74. The van der Waals surface area contributed by atoms with E-state index in [1.807, 2.05) is 30.3 Å². The minimum Gasteiger partial charge on any atom is -0.352 e. The van der Waals surface area contributed by atoms with Crippen molar-refractivity contribution in [2.24, 2.45) is 0 Å². The topological polar surface area (TPSA) is 86.8 Å². The highest BCUT2D eigenvalue weighted by Crippen LogP contribution is 2.28. The highest BCUT2D eigenvalue weighted by Gasteiger charge is 2.35. The number of halogens is 4. The van der Waals surface area contributed by atoms with E-state index in [1.54, 1.807) is 18.2 Å². The highest BCUT2D eigenvalue weighted by atomic mass is 35.5. The summed E-state index contributed by atoms with van der Waals surface area (Å²) in [6.45, 7) is -0.990. The van der Waals surface area contributed by atoms with E-state index in [2.05, 4.69) is 5.32 Å². The average Bonchev–Trinajstić information content (AvgIpc) is 3.45. The van der Waals surface area contributed by atoms with Crippen LogP contribution in [-0.4, -0.2) is 50.0 Å². The van der Waals surface area contributed by atoms with Gasteiger partial charge in [-0.2, -0.15) is 0 Å². The van der Waals surface area contributed by atoms with E-state index in [9.17, 15) is 26.8 Å². The van der Waals surface area contributed by atoms with Gasteiger partial charge in [0.25, 0.3) is 0 Å². The molecular weight excluding hydrogens is 607 g/mol. The molecular formula is C30H31Cl2F2N3O4S. The average molecular weight is 639 g/mol. The summed E-state index contributed by atoms with van der Waals surface area (Å²) in [7, 11) is -4.14. The van der Waals surface area contributed by atoms with Gasteiger partial charge in [-0.05, 0) is 42.7 Å². The van der Waals surface area contributed by atoms with Crippen molar-refractivity contribution in [3.05, 3.63) is 99.5 Å². The summed E-state index contributed by atoms with van der Waals surface area (Å²) in [4.78, 5) is 29.2. The Hall–Kier alpha value is -3.21. The first-order valence-electron chi connectivity index (χ1n) is 13.4. The van der Waals surface area contributed by atoms with Crippen molar-refractivity contribution < 1.29 is 26.8 Å². The third kappa shape index (κ3) is 7.99. The van der Waals surface area contributed by atoms with Crippen LogP contribution in [0.25, 0.3) is 0 Å². The standard InChI is InChI=1S/C30H31Cl2F2N3O4S/c1-42(40,41)37(22-14-15-26(33)27(34)17-22)19-29(38)36(18-23-24(31)12-7-13-25(23)32)28(16-20-8-3-2-4-9-20)30(39)35-21-10-5-6-11-21/h2-4,7-9,12-15,17,21,28H,5-6,10-11,16,18-19H2,1H3,(H,35,39)/t28-/m1/s1. The second-order valence-electron chi connectivity index (χ2n) is 10.3. The molecule has 3 aromatic carbocycles. The van der Waals surface area contributed by atoms with Crippen LogP contribution in [0.5, 0.6) is 0 Å². The molecule has 0 bridgehead atoms. The lowest BCUT2D eigenvalue weighted by molar-refractivity contribution is -0.140. The molecule has 1 atom stereocenters. The van der Waals surface area contributed by atoms with Crippen LogP contribution in [-0.2, 0) is 32.6 Å². The van der Waals surface area contributed by atoms with Gasteiger partial charge in [0, 0.05) is 40.7 Å². The summed E-state index contributed by atoms with van der Waals surface area (Å²) in [5, 5.41) is 3.58. The number of carbonyl (C=O) groups is 2. The maximum Gasteiger partial charge on any atom is 0.244 e. The molecule has 0 heterocycles. The number of nitrogens with one attached hydrogen (secondary N) is 1. The molecule has 0 aliphatic heterocycles. The summed E-state index contributed by atoms with van der Waals surface area (Å²) >= 11 is 12.9. The fraction of sp³-hybridized carbons (Fsp3) is 0.333. The molecule has 0 unspecified atom stereocenters. The molecule has 1 N–H and O–H groups in total. The van der Waals surface area contributed by atoms with E-state index in [4.69, 9.17) is 23.2 Å². The Kier molecular flexibility index (Phi) is 10.5. The minimum atomic E-state index is -4.14. The Morgan fingerprint density at radius 2 is 1.60 bits per heavy atom. The number of nitrogens with zero attached hydrogens (tertiary/aromatic N) is 2. The quantitative estimate of drug-likeness (QED) is 0.291. The zero-order valence-electron chi connectivity index (χ0n) is 22.9. The molecule has 1 aliphatic carbocycles. The van der Waals surface area contributed by atoms with Crippen LogP contribution in [0.4, 0.5) is 14.5 Å². The van der Waals surface area contributed by atoms with E-state index in [-0.39, 0.29) is 34.7 Å². The fourth-order valence-electron chi connectivity index (χ4n) is 5.03. The van der Waals surface area contributed by atoms with E-state index in [1.165, 1.54) is 4.90 Å². The van der Waals surface area contributed by atoms with Crippen molar-refractivity contribution in [3.8, 4) is 0 Å². The molecule has 0 aromatic heterocycles. The largest absolute Gasteiger partial charge is 0.352 e. The van der Waals surface area contributed by atoms with Crippen LogP contribution in [0.1, 0.15) is 36.8 Å². The van der Waals surface area contributed by atoms with Crippen LogP contribution in [0, 0.1) is 11.6 Å². The predicted molar refractivity (Wildman–Crippen MR) is 160 cm³/mol. The number of hydrogen-bond donors (Lipinski definition) is 1. The van der Waals surface area contributed by atoms with Gasteiger partial charge in [0.05, 0.1) is 11.9 Å². The summed E-state index contributed by atoms with van der Waals surface area (Å²) in [6.07, 6.45) is 4.55. The first-order chi connectivity index (χ1) is 19.9. The van der Waals surface area contributed by atoms with Gasteiger partial charge in [0.1, 0.15) is 12.6 Å². The third-order valence-corrected chi connectivity index (χ3v) is 9.08. The molecule has 1 saturated carbocycles. The zero-order valence-corrected chi connectivity index (χ0v) is 25.2. The Morgan fingerprint density at radius 1 is 0.952 bits per heavy atom. The number of amides is 2. The van der Waals surface area contributed by atoms with Crippen LogP contribution < -0.4 is 9.62 Å². The molecule has 4 rings (SSSR count). The minimum absolute atomic E-state index is 0.0497. The monoisotopic (exact) mass is 637 g/mol. The second-order valence-corrected chi connectivity index (χ2v) is 13.0. The van der Waals surface area contributed by atoms with Gasteiger partial charge in [0.2, 0.25) is 21.8 Å². The summed E-state index contributed by atoms with van der Waals surface area (Å²) in [6, 6.07) is 15.4. The Balaban J connectivity index is 1.77. The number of sulfonamides is 1. The molecule has 3 aromatic rings. The van der Waals surface area contributed by atoms with Gasteiger partial charge >= 0.3 is 0 Å². The van der Waals surface area contributed by atoms with Crippen molar-refractivity contribution in [1.82, 2.24) is 10.2 Å². The summed E-state index contributed by atoms with van der Waals surface area (Å²) < 4.78 is 54.0. The second kappa shape index (κ2) is 13.8. The van der Waals surface area contributed by atoms with Crippen molar-refractivity contribution >= 4 is 50.7 Å². The fourth-order valence-corrected chi connectivity index (χ4v) is 6.39. The van der Waals surface area contributed by atoms with E-state index >= 15 is 0 Å². The SMILES string of the molecule is CS(=O)(=O)N(CC(=O)N(Cc1c(Cl)cccc1Cl)[C@H](Cc1ccccc1)C(=O)NC1CCCC1)c1ccc(F)c(F)c1. The van der Waals surface area contributed by atoms with Crippen molar-refractivity contribution in [3.63, 3.8) is 0 Å². The van der Waals surface area contributed by atoms with Gasteiger partial charge in [0.15, 0.2) is 11.6 Å². The van der Waals surface area contributed by atoms with Crippen molar-refractivity contribution in [1.29, 1.82) is 0 Å². The molecule has 224 valence electrons. The summed E-state index contributed by atoms with van der Waals surface area (Å²) in [5.41, 5.74) is 0.905. The maximum atomic E-state index is 14.1. The molecule has 1 aliphatic rings. The lowest BCUT2D eigenvalue weighted by Gasteiger charge is -2.34. The number of rotatable bonds is 11. The van der Waals surface area contributed by atoms with E-state index in [0.717, 1.165) is 49.6 Å². The number of hydrogen-bond acceptors (Lipinski definition) is 4. The molecule has 7 nitrogen and oxygen atoms in total. The van der Waals surface area contributed by atoms with Gasteiger partial charge in [-0.25, -0.2) is 17.2 Å². The molecule has 2 amide bonds. The van der Waals surface area contributed by atoms with Gasteiger partial charge in [-0.1, -0.05) is 72.4 Å². The van der Waals surface area contributed by atoms with Crippen molar-refractivity contribution in [2.75, 3.05) is 17.1 Å². The van der Waals surface area contributed by atoms with Gasteiger partial charge in [-0.3, -0.25) is 13.9 Å². The van der Waals surface area contributed by atoms with Crippen molar-refractivity contribution in [2.45, 2.75) is 50.7 Å². The third-order valence-electron chi connectivity index (χ3n) is 7.23. The Labute approximate surface area is 254 Å². The molecule has 12 heteroatoms. The smallest absolute Gasteiger partial charge is 0.244 e. The zero-order chi connectivity index (χ0) is 30.4. The number of anilines is 1. The molecule has 0 spiro atoms. The Bertz CT molecular complexity index is 1520. The number of carbonyl (C=O) groups excluding carboxylic acids is 2. The highest BCUT2D eigenvalue weighted by molar-refractivity contribution is 7.92. The molecule has 0 saturated heterocycles.